The SMILES string of the molecule is CCOP(=O)(OCC)C1CNCC1C(F)F. The van der Waals surface area contributed by atoms with Gasteiger partial charge < -0.3 is 14.4 Å². The first kappa shape index (κ1) is 14.0. The van der Waals surface area contributed by atoms with Gasteiger partial charge in [0.25, 0.3) is 0 Å². The van der Waals surface area contributed by atoms with E-state index in [-0.39, 0.29) is 26.3 Å². The topological polar surface area (TPSA) is 47.6 Å². The molecule has 0 spiro atoms. The molecule has 0 saturated carbocycles. The Bertz CT molecular complexity index is 255. The minimum atomic E-state index is -3.42. The third-order valence-corrected chi connectivity index (χ3v) is 5.19. The molecule has 1 aliphatic rings. The van der Waals surface area contributed by atoms with E-state index in [9.17, 15) is 13.3 Å². The number of nitrogens with one attached hydrogen (secondary N) is 1. The van der Waals surface area contributed by atoms with Crippen molar-refractivity contribution in [3.05, 3.63) is 0 Å². The number of hydrogen-bond acceptors (Lipinski definition) is 4. The zero-order chi connectivity index (χ0) is 12.2. The molecule has 2 unspecified atom stereocenters. The van der Waals surface area contributed by atoms with Gasteiger partial charge in [0.2, 0.25) is 6.43 Å². The molecule has 1 saturated heterocycles. The van der Waals surface area contributed by atoms with E-state index in [0.29, 0.717) is 0 Å². The highest BCUT2D eigenvalue weighted by molar-refractivity contribution is 7.54. The summed E-state index contributed by atoms with van der Waals surface area (Å²) in [4.78, 5) is 0. The van der Waals surface area contributed by atoms with Crippen molar-refractivity contribution in [1.29, 1.82) is 0 Å². The van der Waals surface area contributed by atoms with Crippen LogP contribution in [0.3, 0.4) is 0 Å². The van der Waals surface area contributed by atoms with Crippen LogP contribution in [0, 0.1) is 5.92 Å². The van der Waals surface area contributed by atoms with Gasteiger partial charge in [-0.3, -0.25) is 4.57 Å². The third-order valence-electron chi connectivity index (χ3n) is 2.58. The molecular weight excluding hydrogens is 239 g/mol. The first-order valence-corrected chi connectivity index (χ1v) is 7.04. The van der Waals surface area contributed by atoms with Crippen molar-refractivity contribution in [1.82, 2.24) is 5.32 Å². The Labute approximate surface area is 94.2 Å². The summed E-state index contributed by atoms with van der Waals surface area (Å²) in [5.41, 5.74) is -0.743. The lowest BCUT2D eigenvalue weighted by atomic mass is 10.1. The molecule has 1 rings (SSSR count). The van der Waals surface area contributed by atoms with Crippen LogP contribution in [0.1, 0.15) is 13.8 Å². The van der Waals surface area contributed by atoms with E-state index in [1.807, 2.05) is 0 Å². The zero-order valence-corrected chi connectivity index (χ0v) is 10.4. The van der Waals surface area contributed by atoms with Gasteiger partial charge >= 0.3 is 7.60 Å². The summed E-state index contributed by atoms with van der Waals surface area (Å²) in [5.74, 6) is -0.955. The van der Waals surface area contributed by atoms with E-state index >= 15 is 0 Å². The largest absolute Gasteiger partial charge is 0.335 e. The summed E-state index contributed by atoms with van der Waals surface area (Å²) in [7, 11) is -3.42. The molecule has 1 fully saturated rings. The van der Waals surface area contributed by atoms with Crippen LogP contribution in [-0.4, -0.2) is 38.4 Å². The van der Waals surface area contributed by atoms with Gasteiger partial charge in [0, 0.05) is 19.0 Å². The first-order chi connectivity index (χ1) is 7.55. The smallest absolute Gasteiger partial charge is 0.315 e. The van der Waals surface area contributed by atoms with Crippen LogP contribution in [0.2, 0.25) is 0 Å². The van der Waals surface area contributed by atoms with Gasteiger partial charge in [-0.2, -0.15) is 0 Å². The Morgan fingerprint density at radius 1 is 1.31 bits per heavy atom. The van der Waals surface area contributed by atoms with Crippen molar-refractivity contribution in [3.63, 3.8) is 0 Å². The Morgan fingerprint density at radius 3 is 2.31 bits per heavy atom. The van der Waals surface area contributed by atoms with Gasteiger partial charge in [0.1, 0.15) is 0 Å². The van der Waals surface area contributed by atoms with Crippen molar-refractivity contribution in [2.75, 3.05) is 26.3 Å². The van der Waals surface area contributed by atoms with E-state index in [1.165, 1.54) is 0 Å². The van der Waals surface area contributed by atoms with Gasteiger partial charge in [-0.05, 0) is 13.8 Å². The predicted molar refractivity (Wildman–Crippen MR) is 57.0 cm³/mol. The quantitative estimate of drug-likeness (QED) is 0.740. The molecule has 1 aliphatic heterocycles. The van der Waals surface area contributed by atoms with Crippen LogP contribution < -0.4 is 5.32 Å². The second-order valence-corrected chi connectivity index (χ2v) is 5.86. The Kier molecular flexibility index (Phi) is 5.31. The number of halogens is 2. The van der Waals surface area contributed by atoms with E-state index in [2.05, 4.69) is 5.32 Å². The van der Waals surface area contributed by atoms with Crippen LogP contribution in [0.4, 0.5) is 8.78 Å². The summed E-state index contributed by atoms with van der Waals surface area (Å²) in [6, 6.07) is 0. The van der Waals surface area contributed by atoms with Crippen molar-refractivity contribution < 1.29 is 22.4 Å². The van der Waals surface area contributed by atoms with Gasteiger partial charge in [-0.15, -0.1) is 0 Å². The van der Waals surface area contributed by atoms with Crippen molar-refractivity contribution >= 4 is 7.60 Å². The first-order valence-electron chi connectivity index (χ1n) is 5.42. The molecule has 16 heavy (non-hydrogen) atoms. The number of alkyl halides is 2. The van der Waals surface area contributed by atoms with E-state index in [4.69, 9.17) is 9.05 Å². The average Bonchev–Trinajstić information content (AvgIpc) is 2.67. The molecule has 7 heteroatoms. The van der Waals surface area contributed by atoms with Crippen molar-refractivity contribution in [2.45, 2.75) is 25.9 Å². The lowest BCUT2D eigenvalue weighted by Crippen LogP contribution is -2.27. The van der Waals surface area contributed by atoms with Crippen molar-refractivity contribution in [3.8, 4) is 0 Å². The van der Waals surface area contributed by atoms with E-state index in [0.717, 1.165) is 0 Å². The standard InChI is InChI=1S/C9H18F2NO3P/c1-3-14-16(13,15-4-2)8-6-12-5-7(8)9(10)11/h7-9,12H,3-6H2,1-2H3. The molecule has 1 N–H and O–H groups in total. The van der Waals surface area contributed by atoms with Gasteiger partial charge in [0.05, 0.1) is 18.9 Å². The molecule has 0 amide bonds. The summed E-state index contributed by atoms with van der Waals surface area (Å²) in [5, 5.41) is 2.81. The maximum Gasteiger partial charge on any atom is 0.335 e. The highest BCUT2D eigenvalue weighted by atomic mass is 31.2. The van der Waals surface area contributed by atoms with Gasteiger partial charge in [0.15, 0.2) is 0 Å². The second-order valence-electron chi connectivity index (χ2n) is 3.60. The molecule has 0 aromatic rings. The molecular formula is C9H18F2NO3P. The van der Waals surface area contributed by atoms with Crippen LogP contribution in [0.25, 0.3) is 0 Å². The molecule has 96 valence electrons. The lowest BCUT2D eigenvalue weighted by Gasteiger charge is -2.26. The van der Waals surface area contributed by atoms with Gasteiger partial charge in [-0.25, -0.2) is 8.78 Å². The lowest BCUT2D eigenvalue weighted by molar-refractivity contribution is 0.0813. The maximum atomic E-state index is 12.7. The zero-order valence-electron chi connectivity index (χ0n) is 9.49. The normalized spacial score (nSPS) is 26.6. The van der Waals surface area contributed by atoms with Gasteiger partial charge in [-0.1, -0.05) is 0 Å². The highest BCUT2D eigenvalue weighted by Crippen LogP contribution is 2.57. The molecule has 0 radical (unpaired) electrons. The van der Waals surface area contributed by atoms with Crippen molar-refractivity contribution in [2.24, 2.45) is 5.92 Å². The molecule has 0 bridgehead atoms. The minimum absolute atomic E-state index is 0.159. The predicted octanol–water partition coefficient (Wildman–Crippen LogP) is 2.11. The third kappa shape index (κ3) is 3.00. The Balaban J connectivity index is 2.80. The Morgan fingerprint density at radius 2 is 1.88 bits per heavy atom. The minimum Gasteiger partial charge on any atom is -0.315 e. The fourth-order valence-corrected chi connectivity index (χ4v) is 4.11. The summed E-state index contributed by atoms with van der Waals surface area (Å²) in [6.07, 6.45) is -2.51. The molecule has 1 heterocycles. The van der Waals surface area contributed by atoms with Crippen LogP contribution in [0.5, 0.6) is 0 Å². The molecule has 2 atom stereocenters. The monoisotopic (exact) mass is 257 g/mol. The van der Waals surface area contributed by atoms with E-state index < -0.39 is 25.6 Å². The molecule has 4 nitrogen and oxygen atoms in total. The highest BCUT2D eigenvalue weighted by Gasteiger charge is 2.47. The van der Waals surface area contributed by atoms with Crippen LogP contribution in [-0.2, 0) is 13.6 Å². The van der Waals surface area contributed by atoms with E-state index in [1.54, 1.807) is 13.8 Å². The fourth-order valence-electron chi connectivity index (χ4n) is 1.88. The summed E-state index contributed by atoms with van der Waals surface area (Å²) < 4.78 is 48.0. The molecule has 0 aliphatic carbocycles. The maximum absolute atomic E-state index is 12.7. The Hall–Kier alpha value is -0.0300. The average molecular weight is 257 g/mol. The number of hydrogen-bond donors (Lipinski definition) is 1. The molecule has 0 aromatic carbocycles. The summed E-state index contributed by atoms with van der Waals surface area (Å²) >= 11 is 0. The second kappa shape index (κ2) is 6.05. The van der Waals surface area contributed by atoms with Crippen LogP contribution in [0.15, 0.2) is 0 Å². The fraction of sp³-hybridized carbons (Fsp3) is 1.00. The van der Waals surface area contributed by atoms with Crippen LogP contribution >= 0.6 is 7.60 Å². The summed E-state index contributed by atoms with van der Waals surface area (Å²) in [6.45, 7) is 4.16. The molecule has 0 aromatic heterocycles. The number of rotatable bonds is 6.